The van der Waals surface area contributed by atoms with Crippen molar-refractivity contribution in [3.8, 4) is 22.3 Å². The number of fused-ring (bicyclic) bond motifs is 8. The highest BCUT2D eigenvalue weighted by molar-refractivity contribution is 6.96. The van der Waals surface area contributed by atoms with Crippen molar-refractivity contribution in [1.82, 2.24) is 0 Å². The predicted octanol–water partition coefficient (Wildman–Crippen LogP) is 11.4. The largest absolute Gasteiger partial charge is 0.363 e. The minimum absolute atomic E-state index is 0.0991. The number of halogens is 1. The second-order valence-corrected chi connectivity index (χ2v) is 15.9. The standard InChI is InChI=1S/C52H45BFN/c1-31-26-33(3)50(34(4)27-31)53(51-35(5)28-32(2)29-36(51)6)40-21-16-37(17-22-40)39-20-25-46-47(30-39)55(7)52(38-18-23-41(54)24-19-38)49-45-15-11-9-13-43(45)42-12-8-10-14-44(42)48(46)49/h8-30,52H,1-7H3. The Morgan fingerprint density at radius 2 is 1.00 bits per heavy atom. The summed E-state index contributed by atoms with van der Waals surface area (Å²) < 4.78 is 14.4. The number of hydrogen-bond donors (Lipinski definition) is 0. The van der Waals surface area contributed by atoms with Crippen LogP contribution >= 0.6 is 0 Å². The molecule has 1 atom stereocenters. The second kappa shape index (κ2) is 13.4. The summed E-state index contributed by atoms with van der Waals surface area (Å²) in [5.41, 5.74) is 20.4. The molecular weight excluding hydrogens is 668 g/mol. The molecule has 55 heavy (non-hydrogen) atoms. The highest BCUT2D eigenvalue weighted by atomic mass is 19.1. The van der Waals surface area contributed by atoms with Crippen molar-refractivity contribution >= 4 is 50.3 Å². The van der Waals surface area contributed by atoms with Crippen molar-refractivity contribution in [3.63, 3.8) is 0 Å². The lowest BCUT2D eigenvalue weighted by atomic mass is 9.34. The van der Waals surface area contributed by atoms with Crippen molar-refractivity contribution in [2.45, 2.75) is 47.6 Å². The lowest BCUT2D eigenvalue weighted by Crippen LogP contribution is -2.55. The minimum atomic E-state index is -0.223. The van der Waals surface area contributed by atoms with Crippen LogP contribution < -0.4 is 21.3 Å². The fraction of sp³-hybridized carbons (Fsp3) is 0.154. The van der Waals surface area contributed by atoms with Gasteiger partial charge in [-0.2, -0.15) is 0 Å². The normalized spacial score (nSPS) is 13.6. The number of benzene rings is 8. The van der Waals surface area contributed by atoms with Crippen molar-refractivity contribution < 1.29 is 4.39 Å². The Bertz CT molecular complexity index is 2690. The van der Waals surface area contributed by atoms with Gasteiger partial charge in [0, 0.05) is 18.3 Å². The Balaban J connectivity index is 1.21. The molecule has 1 unspecified atom stereocenters. The summed E-state index contributed by atoms with van der Waals surface area (Å²) in [6.45, 7) is 13.6. The van der Waals surface area contributed by atoms with Crippen molar-refractivity contribution in [2.75, 3.05) is 11.9 Å². The van der Waals surface area contributed by atoms with Crippen LogP contribution in [0, 0.1) is 47.4 Å². The van der Waals surface area contributed by atoms with E-state index in [0.29, 0.717) is 0 Å². The molecule has 8 aromatic rings. The number of anilines is 1. The summed E-state index contributed by atoms with van der Waals surface area (Å²) in [6.07, 6.45) is 0. The van der Waals surface area contributed by atoms with Crippen LogP contribution in [0.15, 0.2) is 140 Å². The zero-order chi connectivity index (χ0) is 38.1. The smallest absolute Gasteiger partial charge is 0.242 e. The van der Waals surface area contributed by atoms with E-state index < -0.39 is 0 Å². The summed E-state index contributed by atoms with van der Waals surface area (Å²) in [4.78, 5) is 2.39. The first-order valence-corrected chi connectivity index (χ1v) is 19.4. The molecule has 1 aliphatic heterocycles. The Kier molecular flexibility index (Phi) is 8.50. The molecule has 0 N–H and O–H groups in total. The zero-order valence-corrected chi connectivity index (χ0v) is 32.8. The lowest BCUT2D eigenvalue weighted by Gasteiger charge is -2.40. The molecule has 0 spiro atoms. The predicted molar refractivity (Wildman–Crippen MR) is 235 cm³/mol. The maximum atomic E-state index is 14.4. The van der Waals surface area contributed by atoms with Crippen molar-refractivity contribution in [2.24, 2.45) is 0 Å². The Hall–Kier alpha value is -5.93. The van der Waals surface area contributed by atoms with Crippen LogP contribution in [-0.2, 0) is 0 Å². The third-order valence-electron chi connectivity index (χ3n) is 12.1. The van der Waals surface area contributed by atoms with Gasteiger partial charge in [0.1, 0.15) is 5.82 Å². The van der Waals surface area contributed by atoms with Crippen LogP contribution in [0.3, 0.4) is 0 Å². The monoisotopic (exact) mass is 713 g/mol. The summed E-state index contributed by atoms with van der Waals surface area (Å²) >= 11 is 0. The Labute approximate surface area is 325 Å². The first-order valence-electron chi connectivity index (χ1n) is 19.4. The number of aryl methyl sites for hydroxylation is 6. The van der Waals surface area contributed by atoms with Gasteiger partial charge in [-0.3, -0.25) is 0 Å². The van der Waals surface area contributed by atoms with Crippen LogP contribution in [0.4, 0.5) is 10.1 Å². The molecule has 8 aromatic carbocycles. The van der Waals surface area contributed by atoms with Gasteiger partial charge in [-0.25, -0.2) is 4.39 Å². The van der Waals surface area contributed by atoms with E-state index in [4.69, 9.17) is 0 Å². The average Bonchev–Trinajstić information content (AvgIpc) is 3.17. The first-order chi connectivity index (χ1) is 26.6. The Morgan fingerprint density at radius 3 is 1.56 bits per heavy atom. The molecule has 268 valence electrons. The molecule has 1 heterocycles. The maximum absolute atomic E-state index is 14.4. The Morgan fingerprint density at radius 1 is 0.509 bits per heavy atom. The molecule has 0 bridgehead atoms. The third kappa shape index (κ3) is 5.76. The van der Waals surface area contributed by atoms with E-state index in [-0.39, 0.29) is 18.6 Å². The van der Waals surface area contributed by atoms with Gasteiger partial charge < -0.3 is 4.90 Å². The quantitative estimate of drug-likeness (QED) is 0.127. The molecule has 0 aromatic heterocycles. The second-order valence-electron chi connectivity index (χ2n) is 15.9. The summed E-state index contributed by atoms with van der Waals surface area (Å²) in [6, 6.07) is 50.1. The molecule has 3 heteroatoms. The number of nitrogens with zero attached hydrogens (tertiary/aromatic N) is 1. The van der Waals surface area contributed by atoms with E-state index in [9.17, 15) is 4.39 Å². The van der Waals surface area contributed by atoms with E-state index >= 15 is 0 Å². The fourth-order valence-electron chi connectivity index (χ4n) is 9.96. The van der Waals surface area contributed by atoms with E-state index in [0.717, 1.165) is 5.56 Å². The van der Waals surface area contributed by atoms with Crippen LogP contribution in [-0.4, -0.2) is 13.8 Å². The molecule has 0 amide bonds. The fourth-order valence-corrected chi connectivity index (χ4v) is 9.96. The van der Waals surface area contributed by atoms with Gasteiger partial charge in [0.2, 0.25) is 6.71 Å². The van der Waals surface area contributed by atoms with Crippen LogP contribution in [0.25, 0.3) is 43.8 Å². The highest BCUT2D eigenvalue weighted by Crippen LogP contribution is 2.53. The molecule has 0 saturated carbocycles. The number of hydrogen-bond acceptors (Lipinski definition) is 1. The SMILES string of the molecule is Cc1cc(C)c(B(c2ccc(-c3ccc4c(c3)N(C)C(c3ccc(F)cc3)c3c-4c4ccccc4c4ccccc34)cc2)c2c(C)cc(C)cc2C)c(C)c1. The summed E-state index contributed by atoms with van der Waals surface area (Å²) in [5, 5.41) is 4.96. The molecule has 1 aliphatic rings. The molecular formula is C52H45BFN. The van der Waals surface area contributed by atoms with Crippen molar-refractivity contribution in [1.29, 1.82) is 0 Å². The van der Waals surface area contributed by atoms with E-state index in [1.165, 1.54) is 105 Å². The first kappa shape index (κ1) is 34.8. The molecule has 0 fully saturated rings. The molecule has 0 saturated heterocycles. The van der Waals surface area contributed by atoms with Crippen LogP contribution in [0.2, 0.25) is 0 Å². The third-order valence-corrected chi connectivity index (χ3v) is 12.1. The van der Waals surface area contributed by atoms with Crippen molar-refractivity contribution in [3.05, 3.63) is 190 Å². The van der Waals surface area contributed by atoms with Gasteiger partial charge >= 0.3 is 0 Å². The van der Waals surface area contributed by atoms with Gasteiger partial charge in [0.05, 0.1) is 6.04 Å². The summed E-state index contributed by atoms with van der Waals surface area (Å²) in [5.74, 6) is -0.223. The molecule has 1 nitrogen and oxygen atoms in total. The van der Waals surface area contributed by atoms with Gasteiger partial charge in [0.15, 0.2) is 0 Å². The molecule has 0 aliphatic carbocycles. The lowest BCUT2D eigenvalue weighted by molar-refractivity contribution is 0.626. The van der Waals surface area contributed by atoms with Gasteiger partial charge in [-0.15, -0.1) is 0 Å². The maximum Gasteiger partial charge on any atom is 0.242 e. The van der Waals surface area contributed by atoms with Gasteiger partial charge in [-0.05, 0) is 109 Å². The summed E-state index contributed by atoms with van der Waals surface area (Å²) in [7, 11) is 2.19. The van der Waals surface area contributed by atoms with Crippen LogP contribution in [0.1, 0.15) is 50.5 Å². The average molecular weight is 714 g/mol. The van der Waals surface area contributed by atoms with E-state index in [2.05, 4.69) is 169 Å². The van der Waals surface area contributed by atoms with Gasteiger partial charge in [-0.1, -0.05) is 171 Å². The van der Waals surface area contributed by atoms with Crippen LogP contribution in [0.5, 0.6) is 0 Å². The van der Waals surface area contributed by atoms with E-state index in [1.54, 1.807) is 12.1 Å². The minimum Gasteiger partial charge on any atom is -0.363 e. The zero-order valence-electron chi connectivity index (χ0n) is 32.8. The molecule has 9 rings (SSSR count). The molecule has 0 radical (unpaired) electrons. The topological polar surface area (TPSA) is 3.24 Å². The van der Waals surface area contributed by atoms with Gasteiger partial charge in [0.25, 0.3) is 0 Å². The number of rotatable bonds is 5. The highest BCUT2D eigenvalue weighted by Gasteiger charge is 2.34. The van der Waals surface area contributed by atoms with E-state index in [1.807, 2.05) is 12.1 Å².